The van der Waals surface area contributed by atoms with Crippen LogP contribution >= 0.6 is 11.3 Å². The fraction of sp³-hybridized carbons (Fsp3) is 0.429. The van der Waals surface area contributed by atoms with Crippen LogP contribution in [0.25, 0.3) is 0 Å². The topological polar surface area (TPSA) is 47.0 Å². The summed E-state index contributed by atoms with van der Waals surface area (Å²) in [6, 6.07) is 10.5. The molecule has 19 heavy (non-hydrogen) atoms. The van der Waals surface area contributed by atoms with Crippen LogP contribution in [0.5, 0.6) is 0 Å². The van der Waals surface area contributed by atoms with E-state index in [1.54, 1.807) is 18.4 Å². The van der Waals surface area contributed by atoms with Gasteiger partial charge in [-0.25, -0.2) is 0 Å². The van der Waals surface area contributed by atoms with Crippen LogP contribution in [0.1, 0.15) is 28.5 Å². The summed E-state index contributed by atoms with van der Waals surface area (Å²) in [7, 11) is 1.70. The van der Waals surface area contributed by atoms with E-state index in [1.165, 1.54) is 5.56 Å². The van der Waals surface area contributed by atoms with Crippen molar-refractivity contribution in [1.82, 2.24) is 15.5 Å². The maximum atomic E-state index is 5.07. The van der Waals surface area contributed by atoms with Crippen LogP contribution in [0.15, 0.2) is 30.3 Å². The van der Waals surface area contributed by atoms with Crippen LogP contribution < -0.4 is 5.32 Å². The van der Waals surface area contributed by atoms with E-state index >= 15 is 0 Å². The van der Waals surface area contributed by atoms with Crippen molar-refractivity contribution in [3.63, 3.8) is 0 Å². The Morgan fingerprint density at radius 1 is 1.26 bits per heavy atom. The first kappa shape index (κ1) is 14.1. The van der Waals surface area contributed by atoms with Crippen molar-refractivity contribution in [3.05, 3.63) is 45.9 Å². The van der Waals surface area contributed by atoms with Crippen molar-refractivity contribution in [2.45, 2.75) is 19.4 Å². The Kier molecular flexibility index (Phi) is 5.44. The summed E-state index contributed by atoms with van der Waals surface area (Å²) in [4.78, 5) is 0. The van der Waals surface area contributed by atoms with Crippen molar-refractivity contribution >= 4 is 11.3 Å². The van der Waals surface area contributed by atoms with Crippen LogP contribution in [-0.4, -0.2) is 30.5 Å². The first-order valence-corrected chi connectivity index (χ1v) is 7.26. The lowest BCUT2D eigenvalue weighted by Crippen LogP contribution is -2.21. The van der Waals surface area contributed by atoms with Crippen molar-refractivity contribution in [3.8, 4) is 0 Å². The van der Waals surface area contributed by atoms with Gasteiger partial charge in [0.25, 0.3) is 0 Å². The van der Waals surface area contributed by atoms with Gasteiger partial charge in [-0.05, 0) is 12.1 Å². The first-order chi connectivity index (χ1) is 9.35. The lowest BCUT2D eigenvalue weighted by Gasteiger charge is -2.14. The number of nitrogens with one attached hydrogen (secondary N) is 1. The third-order valence-corrected chi connectivity index (χ3v) is 3.84. The molecule has 0 saturated heterocycles. The molecule has 0 aliphatic heterocycles. The quantitative estimate of drug-likeness (QED) is 0.844. The highest BCUT2D eigenvalue weighted by Gasteiger charge is 2.17. The molecule has 0 amide bonds. The summed E-state index contributed by atoms with van der Waals surface area (Å²) in [5.41, 5.74) is 1.22. The molecule has 0 fully saturated rings. The van der Waals surface area contributed by atoms with Crippen molar-refractivity contribution < 1.29 is 4.74 Å². The second-order valence-electron chi connectivity index (χ2n) is 4.18. The van der Waals surface area contributed by atoms with Gasteiger partial charge in [0.15, 0.2) is 0 Å². The van der Waals surface area contributed by atoms with E-state index in [2.05, 4.69) is 34.6 Å². The maximum Gasteiger partial charge on any atom is 0.139 e. The normalized spacial score (nSPS) is 12.5. The molecule has 1 N–H and O–H groups in total. The summed E-state index contributed by atoms with van der Waals surface area (Å²) in [6.07, 6.45) is 0.821. The van der Waals surface area contributed by atoms with Crippen molar-refractivity contribution in [1.29, 1.82) is 0 Å². The Labute approximate surface area is 117 Å². The fourth-order valence-corrected chi connectivity index (χ4v) is 2.80. The second kappa shape index (κ2) is 7.33. The molecule has 1 aromatic heterocycles. The monoisotopic (exact) mass is 277 g/mol. The van der Waals surface area contributed by atoms with Gasteiger partial charge in [0, 0.05) is 13.5 Å². The first-order valence-electron chi connectivity index (χ1n) is 6.44. The molecule has 0 aliphatic rings. The number of ether oxygens (including phenoxy) is 1. The molecule has 2 rings (SSSR count). The smallest absolute Gasteiger partial charge is 0.139 e. The average Bonchev–Trinajstić information content (AvgIpc) is 2.92. The Morgan fingerprint density at radius 2 is 2.05 bits per heavy atom. The zero-order valence-corrected chi connectivity index (χ0v) is 12.1. The van der Waals surface area contributed by atoms with Crippen LogP contribution in [0.3, 0.4) is 0 Å². The van der Waals surface area contributed by atoms with Crippen LogP contribution in [0, 0.1) is 0 Å². The highest BCUT2D eigenvalue weighted by Crippen LogP contribution is 2.24. The Balaban J connectivity index is 2.17. The van der Waals surface area contributed by atoms with E-state index < -0.39 is 0 Å². The predicted molar refractivity (Wildman–Crippen MR) is 77.5 cm³/mol. The van der Waals surface area contributed by atoms with E-state index in [1.807, 2.05) is 18.2 Å². The second-order valence-corrected chi connectivity index (χ2v) is 5.27. The molecule has 2 aromatic rings. The number of aromatic nitrogens is 2. The molecule has 1 unspecified atom stereocenters. The molecule has 0 spiro atoms. The zero-order chi connectivity index (χ0) is 13.5. The van der Waals surface area contributed by atoms with Crippen molar-refractivity contribution in [2.24, 2.45) is 0 Å². The summed E-state index contributed by atoms with van der Waals surface area (Å²) < 4.78 is 5.07. The Morgan fingerprint density at radius 3 is 2.74 bits per heavy atom. The molecule has 0 bridgehead atoms. The van der Waals surface area contributed by atoms with E-state index in [-0.39, 0.29) is 6.04 Å². The van der Waals surface area contributed by atoms with E-state index in [0.717, 1.165) is 23.0 Å². The highest BCUT2D eigenvalue weighted by molar-refractivity contribution is 7.11. The molecule has 0 saturated carbocycles. The molecule has 4 nitrogen and oxygen atoms in total. The minimum Gasteiger partial charge on any atom is -0.384 e. The SMILES string of the molecule is CCNC(c1ccccc1)c1nnc(CCOC)s1. The molecule has 1 atom stereocenters. The third kappa shape index (κ3) is 3.83. The van der Waals surface area contributed by atoms with Gasteiger partial charge in [-0.2, -0.15) is 0 Å². The lowest BCUT2D eigenvalue weighted by molar-refractivity contribution is 0.202. The minimum absolute atomic E-state index is 0.125. The number of nitrogens with zero attached hydrogens (tertiary/aromatic N) is 2. The van der Waals surface area contributed by atoms with Gasteiger partial charge in [0.1, 0.15) is 10.0 Å². The van der Waals surface area contributed by atoms with E-state index in [9.17, 15) is 0 Å². The molecule has 1 heterocycles. The minimum atomic E-state index is 0.125. The molecule has 0 aliphatic carbocycles. The van der Waals surface area contributed by atoms with Gasteiger partial charge in [-0.3, -0.25) is 0 Å². The number of hydrogen-bond acceptors (Lipinski definition) is 5. The van der Waals surface area contributed by atoms with Crippen molar-refractivity contribution in [2.75, 3.05) is 20.3 Å². The molecule has 0 radical (unpaired) electrons. The lowest BCUT2D eigenvalue weighted by atomic mass is 10.1. The van der Waals surface area contributed by atoms with E-state index in [4.69, 9.17) is 4.74 Å². The zero-order valence-electron chi connectivity index (χ0n) is 11.3. The van der Waals surface area contributed by atoms with Crippen LogP contribution in [0.4, 0.5) is 0 Å². The molecule has 1 aromatic carbocycles. The Hall–Kier alpha value is -1.30. The van der Waals surface area contributed by atoms with Gasteiger partial charge < -0.3 is 10.1 Å². The standard InChI is InChI=1S/C14H19N3OS/c1-3-15-13(11-7-5-4-6-8-11)14-17-16-12(19-14)9-10-18-2/h4-8,13,15H,3,9-10H2,1-2H3. The van der Waals surface area contributed by atoms with Gasteiger partial charge in [-0.15, -0.1) is 10.2 Å². The maximum absolute atomic E-state index is 5.07. The summed E-state index contributed by atoms with van der Waals surface area (Å²) >= 11 is 1.65. The van der Waals surface area contributed by atoms with Crippen LogP contribution in [0.2, 0.25) is 0 Å². The summed E-state index contributed by atoms with van der Waals surface area (Å²) in [5.74, 6) is 0. The molecule has 102 valence electrons. The van der Waals surface area contributed by atoms with Gasteiger partial charge in [0.2, 0.25) is 0 Å². The fourth-order valence-electron chi connectivity index (χ4n) is 1.87. The van der Waals surface area contributed by atoms with Gasteiger partial charge in [0.05, 0.1) is 12.6 Å². The highest BCUT2D eigenvalue weighted by atomic mass is 32.1. The number of hydrogen-bond donors (Lipinski definition) is 1. The largest absolute Gasteiger partial charge is 0.384 e. The van der Waals surface area contributed by atoms with Crippen LogP contribution in [-0.2, 0) is 11.2 Å². The summed E-state index contributed by atoms with van der Waals surface area (Å²) in [5, 5.41) is 14.0. The number of benzene rings is 1. The van der Waals surface area contributed by atoms with Gasteiger partial charge >= 0.3 is 0 Å². The molecule has 5 heteroatoms. The number of rotatable bonds is 7. The Bertz CT molecular complexity index is 486. The average molecular weight is 277 g/mol. The molecular weight excluding hydrogens is 258 g/mol. The third-order valence-electron chi connectivity index (χ3n) is 2.79. The molecular formula is C14H19N3OS. The number of methoxy groups -OCH3 is 1. The predicted octanol–water partition coefficient (Wildman–Crippen LogP) is 2.43. The van der Waals surface area contributed by atoms with E-state index in [0.29, 0.717) is 6.61 Å². The summed E-state index contributed by atoms with van der Waals surface area (Å²) in [6.45, 7) is 3.68. The van der Waals surface area contributed by atoms with Gasteiger partial charge in [-0.1, -0.05) is 48.6 Å².